The normalized spacial score (nSPS) is 15.4. The van der Waals surface area contributed by atoms with Crippen molar-refractivity contribution in [3.05, 3.63) is 24.5 Å². The molecule has 98 valence electrons. The van der Waals surface area contributed by atoms with Crippen LogP contribution in [-0.2, 0) is 0 Å². The lowest BCUT2D eigenvalue weighted by Crippen LogP contribution is -2.51. The van der Waals surface area contributed by atoms with Crippen molar-refractivity contribution in [3.63, 3.8) is 0 Å². The Bertz CT molecular complexity index is 604. The second-order valence-corrected chi connectivity index (χ2v) is 4.38. The summed E-state index contributed by atoms with van der Waals surface area (Å²) < 4.78 is 4.75. The molecule has 2 aromatic heterocycles. The van der Waals surface area contributed by atoms with Crippen LogP contribution in [0.25, 0.3) is 10.9 Å². The molecule has 1 saturated heterocycles. The predicted octanol–water partition coefficient (Wildman–Crippen LogP) is -0.841. The zero-order chi connectivity index (χ0) is 13.4. The Morgan fingerprint density at radius 2 is 2.11 bits per heavy atom. The van der Waals surface area contributed by atoms with Gasteiger partial charge in [-0.25, -0.2) is 9.97 Å². The molecule has 0 spiro atoms. The zero-order valence-electron chi connectivity index (χ0n) is 9.97. The van der Waals surface area contributed by atoms with Gasteiger partial charge in [0.1, 0.15) is 11.3 Å². The number of pyridine rings is 2. The highest BCUT2D eigenvalue weighted by molar-refractivity contribution is 6.33. The molecule has 19 heavy (non-hydrogen) atoms. The van der Waals surface area contributed by atoms with Gasteiger partial charge in [-0.05, 0) is 12.1 Å². The van der Waals surface area contributed by atoms with Gasteiger partial charge in [0.2, 0.25) is 0 Å². The van der Waals surface area contributed by atoms with E-state index in [-0.39, 0.29) is 11.9 Å². The molecule has 0 bridgehead atoms. The second kappa shape index (κ2) is 4.65. The highest BCUT2D eigenvalue weighted by Crippen LogP contribution is 2.28. The summed E-state index contributed by atoms with van der Waals surface area (Å²) in [5.74, 6) is 0.974. The van der Waals surface area contributed by atoms with Gasteiger partial charge in [-0.3, -0.25) is 0 Å². The van der Waals surface area contributed by atoms with Crippen LogP contribution in [0.5, 0.6) is 5.75 Å². The van der Waals surface area contributed by atoms with E-state index in [1.54, 1.807) is 18.3 Å². The van der Waals surface area contributed by atoms with Gasteiger partial charge < -0.3 is 24.7 Å². The van der Waals surface area contributed by atoms with Crippen LogP contribution in [0, 0.1) is 0 Å². The molecule has 0 amide bonds. The number of hydrogen-bond acceptors (Lipinski definition) is 7. The average Bonchev–Trinajstić information content (AvgIpc) is 2.33. The molecule has 1 aliphatic heterocycles. The van der Waals surface area contributed by atoms with Crippen LogP contribution in [0.1, 0.15) is 0 Å². The standard InChI is InChI=1S/C11H12BN3O4/c16-8-5-15(6-8)11-10-7(1-2-13-11)3-9(4-14-10)19-12(17)18/h1-4,8,16-18H,5-6H2. The summed E-state index contributed by atoms with van der Waals surface area (Å²) in [4.78, 5) is 10.4. The topological polar surface area (TPSA) is 98.9 Å². The van der Waals surface area contributed by atoms with Crippen LogP contribution in [0.4, 0.5) is 5.82 Å². The summed E-state index contributed by atoms with van der Waals surface area (Å²) in [5.41, 5.74) is 0.689. The maximum absolute atomic E-state index is 9.33. The summed E-state index contributed by atoms with van der Waals surface area (Å²) in [6.45, 7) is 1.09. The van der Waals surface area contributed by atoms with Crippen LogP contribution < -0.4 is 9.55 Å². The Morgan fingerprint density at radius 3 is 2.79 bits per heavy atom. The van der Waals surface area contributed by atoms with E-state index in [4.69, 9.17) is 14.7 Å². The maximum Gasteiger partial charge on any atom is 0.707 e. The van der Waals surface area contributed by atoms with Crippen molar-refractivity contribution < 1.29 is 19.8 Å². The third kappa shape index (κ3) is 2.33. The first kappa shape index (κ1) is 12.2. The highest BCUT2D eigenvalue weighted by atomic mass is 16.6. The van der Waals surface area contributed by atoms with Gasteiger partial charge in [0.15, 0.2) is 5.82 Å². The molecule has 3 heterocycles. The fourth-order valence-electron chi connectivity index (χ4n) is 2.07. The molecule has 8 heteroatoms. The summed E-state index contributed by atoms with van der Waals surface area (Å²) >= 11 is 0. The van der Waals surface area contributed by atoms with Crippen molar-refractivity contribution in [2.45, 2.75) is 6.10 Å². The van der Waals surface area contributed by atoms with Crippen LogP contribution in [-0.4, -0.2) is 51.6 Å². The van der Waals surface area contributed by atoms with Gasteiger partial charge in [-0.2, -0.15) is 0 Å². The third-order valence-electron chi connectivity index (χ3n) is 2.96. The summed E-state index contributed by atoms with van der Waals surface area (Å²) in [6, 6.07) is 3.42. The van der Waals surface area contributed by atoms with Crippen LogP contribution in [0.3, 0.4) is 0 Å². The predicted molar refractivity (Wildman–Crippen MR) is 68.6 cm³/mol. The molecule has 1 aliphatic rings. The van der Waals surface area contributed by atoms with Gasteiger partial charge in [-0.1, -0.05) is 0 Å². The lowest BCUT2D eigenvalue weighted by Gasteiger charge is -2.37. The summed E-state index contributed by atoms with van der Waals surface area (Å²) in [6.07, 6.45) is 2.73. The molecule has 0 atom stereocenters. The Kier molecular flexibility index (Phi) is 2.98. The Labute approximate surface area is 109 Å². The third-order valence-corrected chi connectivity index (χ3v) is 2.96. The van der Waals surface area contributed by atoms with E-state index < -0.39 is 7.32 Å². The van der Waals surface area contributed by atoms with E-state index in [9.17, 15) is 5.11 Å². The number of hydrogen-bond donors (Lipinski definition) is 3. The summed E-state index contributed by atoms with van der Waals surface area (Å²) in [7, 11) is -1.87. The van der Waals surface area contributed by atoms with Gasteiger partial charge in [-0.15, -0.1) is 0 Å². The molecular weight excluding hydrogens is 249 g/mol. The molecule has 0 aliphatic carbocycles. The van der Waals surface area contributed by atoms with E-state index in [1.165, 1.54) is 6.20 Å². The first-order chi connectivity index (χ1) is 9.13. The minimum Gasteiger partial charge on any atom is -0.511 e. The molecule has 0 unspecified atom stereocenters. The van der Waals surface area contributed by atoms with Crippen molar-refractivity contribution in [1.29, 1.82) is 0 Å². The zero-order valence-corrected chi connectivity index (χ0v) is 9.97. The first-order valence-electron chi connectivity index (χ1n) is 5.84. The lowest BCUT2D eigenvalue weighted by molar-refractivity contribution is 0.141. The summed E-state index contributed by atoms with van der Waals surface area (Å²) in [5, 5.41) is 27.6. The molecule has 0 radical (unpaired) electrons. The van der Waals surface area contributed by atoms with Crippen LogP contribution in [0.2, 0.25) is 0 Å². The van der Waals surface area contributed by atoms with E-state index >= 15 is 0 Å². The second-order valence-electron chi connectivity index (χ2n) is 4.38. The van der Waals surface area contributed by atoms with Gasteiger partial charge >= 0.3 is 7.32 Å². The van der Waals surface area contributed by atoms with Crippen molar-refractivity contribution >= 4 is 24.0 Å². The Hall–Kier alpha value is -1.90. The van der Waals surface area contributed by atoms with E-state index in [0.29, 0.717) is 24.4 Å². The molecule has 0 saturated carbocycles. The van der Waals surface area contributed by atoms with E-state index in [0.717, 1.165) is 5.39 Å². The van der Waals surface area contributed by atoms with Crippen molar-refractivity contribution in [3.8, 4) is 5.75 Å². The number of anilines is 1. The largest absolute Gasteiger partial charge is 0.707 e. The van der Waals surface area contributed by atoms with Crippen LogP contribution >= 0.6 is 0 Å². The number of nitrogens with zero attached hydrogens (tertiary/aromatic N) is 3. The fraction of sp³-hybridized carbons (Fsp3) is 0.273. The molecule has 7 nitrogen and oxygen atoms in total. The van der Waals surface area contributed by atoms with Gasteiger partial charge in [0.25, 0.3) is 0 Å². The molecule has 0 aromatic carbocycles. The number of rotatable bonds is 3. The van der Waals surface area contributed by atoms with Gasteiger partial charge in [0.05, 0.1) is 12.3 Å². The first-order valence-corrected chi connectivity index (χ1v) is 5.84. The fourth-order valence-corrected chi connectivity index (χ4v) is 2.07. The number of aliphatic hydroxyl groups excluding tert-OH is 1. The minimum absolute atomic E-state index is 0.267. The molecular formula is C11H12BN3O4. The van der Waals surface area contributed by atoms with E-state index in [1.807, 2.05) is 4.90 Å². The highest BCUT2D eigenvalue weighted by Gasteiger charge is 2.27. The quantitative estimate of drug-likeness (QED) is 0.619. The monoisotopic (exact) mass is 261 g/mol. The average molecular weight is 261 g/mol. The maximum atomic E-state index is 9.33. The SMILES string of the molecule is OB(O)Oc1cnc2c(N3CC(O)C3)nccc2c1. The Balaban J connectivity index is 1.97. The van der Waals surface area contributed by atoms with Crippen LogP contribution in [0.15, 0.2) is 24.5 Å². The van der Waals surface area contributed by atoms with Crippen molar-refractivity contribution in [2.24, 2.45) is 0 Å². The molecule has 3 rings (SSSR count). The number of aliphatic hydroxyl groups is 1. The Morgan fingerprint density at radius 1 is 1.32 bits per heavy atom. The number of fused-ring (bicyclic) bond motifs is 1. The lowest BCUT2D eigenvalue weighted by atomic mass is 10.1. The molecule has 1 fully saturated rings. The number of aromatic nitrogens is 2. The van der Waals surface area contributed by atoms with E-state index in [2.05, 4.69) is 9.97 Å². The smallest absolute Gasteiger partial charge is 0.511 e. The number of β-amino-alcohol motifs (C(OH)–C–C–N with tert-alkyl or cyclic N) is 1. The molecule has 3 N–H and O–H groups in total. The van der Waals surface area contributed by atoms with Crippen molar-refractivity contribution in [1.82, 2.24) is 9.97 Å². The minimum atomic E-state index is -1.87. The molecule has 2 aromatic rings. The van der Waals surface area contributed by atoms with Gasteiger partial charge in [0, 0.05) is 24.7 Å². The van der Waals surface area contributed by atoms with Crippen molar-refractivity contribution in [2.75, 3.05) is 18.0 Å².